The third kappa shape index (κ3) is 3.68. The van der Waals surface area contributed by atoms with Crippen LogP contribution in [0.5, 0.6) is 0 Å². The maximum absolute atomic E-state index is 11.1. The monoisotopic (exact) mass is 246 g/mol. The van der Waals surface area contributed by atoms with E-state index in [0.29, 0.717) is 5.88 Å². The number of methoxy groups -OCH3 is 1. The number of thioether (sulfide) groups is 1. The molecule has 0 aliphatic rings. The molecule has 0 aromatic carbocycles. The van der Waals surface area contributed by atoms with Gasteiger partial charge in [0.25, 0.3) is 0 Å². The van der Waals surface area contributed by atoms with Crippen LogP contribution < -0.4 is 0 Å². The molecule has 0 saturated carbocycles. The minimum absolute atomic E-state index is 0.0734. The van der Waals surface area contributed by atoms with Gasteiger partial charge in [-0.15, -0.1) is 23.4 Å². The molecular formula is C9H11ClN2O2S. The Kier molecular flexibility index (Phi) is 4.84. The molecule has 0 bridgehead atoms. The Hall–Kier alpha value is -0.810. The second kappa shape index (κ2) is 5.92. The summed E-state index contributed by atoms with van der Waals surface area (Å²) in [5, 5.41) is 0.964. The molecule has 0 spiro atoms. The van der Waals surface area contributed by atoms with Gasteiger partial charge in [-0.05, 0) is 6.07 Å². The number of nitrogens with zero attached hydrogens (tertiary/aromatic N) is 2. The van der Waals surface area contributed by atoms with Gasteiger partial charge in [0.15, 0.2) is 0 Å². The van der Waals surface area contributed by atoms with Gasteiger partial charge in [-0.2, -0.15) is 0 Å². The highest BCUT2D eigenvalue weighted by molar-refractivity contribution is 7.99. The number of carbonyl (C=O) groups is 1. The van der Waals surface area contributed by atoms with Crippen molar-refractivity contribution >= 4 is 29.3 Å². The van der Waals surface area contributed by atoms with E-state index in [1.165, 1.54) is 25.1 Å². The molecule has 1 atom stereocenters. The highest BCUT2D eigenvalue weighted by Crippen LogP contribution is 2.21. The molecule has 0 aliphatic heterocycles. The molecule has 4 nitrogen and oxygen atoms in total. The molecule has 0 saturated heterocycles. The van der Waals surface area contributed by atoms with Gasteiger partial charge in [0.2, 0.25) is 5.82 Å². The zero-order chi connectivity index (χ0) is 11.3. The van der Waals surface area contributed by atoms with Gasteiger partial charge in [0.1, 0.15) is 5.03 Å². The van der Waals surface area contributed by atoms with Crippen molar-refractivity contribution in [2.24, 2.45) is 0 Å². The average Bonchev–Trinajstić information content (AvgIpc) is 2.28. The zero-order valence-corrected chi connectivity index (χ0v) is 10.0. The summed E-state index contributed by atoms with van der Waals surface area (Å²) in [5.74, 6) is 0.0719. The molecule has 1 unspecified atom stereocenters. The fourth-order valence-corrected chi connectivity index (χ4v) is 1.78. The fraction of sp³-hybridized carbons (Fsp3) is 0.444. The Labute approximate surface area is 97.4 Å². The summed E-state index contributed by atoms with van der Waals surface area (Å²) >= 11 is 7.17. The van der Waals surface area contributed by atoms with Crippen molar-refractivity contribution in [2.45, 2.75) is 17.2 Å². The van der Waals surface area contributed by atoms with E-state index >= 15 is 0 Å². The number of hydrogen-bond acceptors (Lipinski definition) is 5. The van der Waals surface area contributed by atoms with Crippen LogP contribution in [0.25, 0.3) is 0 Å². The summed E-state index contributed by atoms with van der Waals surface area (Å²) in [5.41, 5.74) is 0. The summed E-state index contributed by atoms with van der Waals surface area (Å²) in [7, 11) is 1.30. The van der Waals surface area contributed by atoms with Crippen molar-refractivity contribution < 1.29 is 9.53 Å². The maximum atomic E-state index is 11.1. The molecule has 82 valence electrons. The Balaban J connectivity index is 2.78. The first-order valence-corrected chi connectivity index (χ1v) is 5.72. The highest BCUT2D eigenvalue weighted by atomic mass is 35.5. The fourth-order valence-electron chi connectivity index (χ4n) is 0.835. The van der Waals surface area contributed by atoms with Crippen molar-refractivity contribution in [3.8, 4) is 0 Å². The van der Waals surface area contributed by atoms with Crippen molar-refractivity contribution in [3.63, 3.8) is 0 Å². The molecule has 1 rings (SSSR count). The topological polar surface area (TPSA) is 52.1 Å². The molecule has 0 aliphatic carbocycles. The van der Waals surface area contributed by atoms with E-state index in [2.05, 4.69) is 14.7 Å². The molecule has 1 aromatic rings. The number of halogens is 1. The molecule has 1 aromatic heterocycles. The van der Waals surface area contributed by atoms with Crippen LogP contribution in [0.1, 0.15) is 17.5 Å². The molecule has 6 heteroatoms. The maximum Gasteiger partial charge on any atom is 0.376 e. The number of alkyl halides is 1. The third-order valence-corrected chi connectivity index (χ3v) is 3.22. The smallest absolute Gasteiger partial charge is 0.376 e. The van der Waals surface area contributed by atoms with E-state index in [1.807, 2.05) is 6.92 Å². The Morgan fingerprint density at radius 2 is 2.47 bits per heavy atom. The molecule has 0 radical (unpaired) electrons. The van der Waals surface area contributed by atoms with Crippen molar-refractivity contribution in [3.05, 3.63) is 18.1 Å². The zero-order valence-electron chi connectivity index (χ0n) is 8.44. The lowest BCUT2D eigenvalue weighted by Gasteiger charge is -2.06. The van der Waals surface area contributed by atoms with Gasteiger partial charge in [0.05, 0.1) is 7.11 Å². The van der Waals surface area contributed by atoms with Gasteiger partial charge >= 0.3 is 5.97 Å². The molecule has 0 amide bonds. The lowest BCUT2D eigenvalue weighted by Crippen LogP contribution is -2.08. The molecule has 0 N–H and O–H groups in total. The number of hydrogen-bond donors (Lipinski definition) is 0. The van der Waals surface area contributed by atoms with Crippen LogP contribution in [-0.2, 0) is 4.74 Å². The number of esters is 1. The van der Waals surface area contributed by atoms with Crippen LogP contribution >= 0.6 is 23.4 Å². The lowest BCUT2D eigenvalue weighted by atomic mass is 10.5. The number of ether oxygens (including phenoxy) is 1. The van der Waals surface area contributed by atoms with Crippen LogP contribution in [0.2, 0.25) is 0 Å². The summed E-state index contributed by atoms with van der Waals surface area (Å²) in [6.07, 6.45) is 1.53. The predicted molar refractivity (Wildman–Crippen MR) is 59.4 cm³/mol. The SMILES string of the molecule is COC(=O)c1nccc(SC(C)CCl)n1. The highest BCUT2D eigenvalue weighted by Gasteiger charge is 2.11. The number of aromatic nitrogens is 2. The second-order valence-electron chi connectivity index (χ2n) is 2.79. The minimum Gasteiger partial charge on any atom is -0.463 e. The Bertz CT molecular complexity index is 349. The normalized spacial score (nSPS) is 12.2. The van der Waals surface area contributed by atoms with Crippen molar-refractivity contribution in [1.29, 1.82) is 0 Å². The van der Waals surface area contributed by atoms with Gasteiger partial charge in [0, 0.05) is 17.3 Å². The summed E-state index contributed by atoms with van der Waals surface area (Å²) < 4.78 is 4.52. The van der Waals surface area contributed by atoms with Crippen molar-refractivity contribution in [1.82, 2.24) is 9.97 Å². The average molecular weight is 247 g/mol. The van der Waals surface area contributed by atoms with Crippen LogP contribution in [0.3, 0.4) is 0 Å². The van der Waals surface area contributed by atoms with Crippen molar-refractivity contribution in [2.75, 3.05) is 13.0 Å². The van der Waals surface area contributed by atoms with E-state index in [-0.39, 0.29) is 11.1 Å². The molecule has 15 heavy (non-hydrogen) atoms. The molecule has 1 heterocycles. The summed E-state index contributed by atoms with van der Waals surface area (Å²) in [4.78, 5) is 19.0. The van der Waals surface area contributed by atoms with Gasteiger partial charge < -0.3 is 4.74 Å². The van der Waals surface area contributed by atoms with E-state index in [0.717, 1.165) is 5.03 Å². The van der Waals surface area contributed by atoms with Gasteiger partial charge in [-0.1, -0.05) is 6.92 Å². The largest absolute Gasteiger partial charge is 0.463 e. The number of carbonyl (C=O) groups excluding carboxylic acids is 1. The Morgan fingerprint density at radius 1 is 1.73 bits per heavy atom. The molecule has 0 fully saturated rings. The second-order valence-corrected chi connectivity index (χ2v) is 4.56. The van der Waals surface area contributed by atoms with E-state index in [4.69, 9.17) is 11.6 Å². The molecular weight excluding hydrogens is 236 g/mol. The van der Waals surface area contributed by atoms with Crippen LogP contribution in [-0.4, -0.2) is 34.2 Å². The van der Waals surface area contributed by atoms with E-state index in [1.54, 1.807) is 6.07 Å². The lowest BCUT2D eigenvalue weighted by molar-refractivity contribution is 0.0585. The van der Waals surface area contributed by atoms with Crippen LogP contribution in [0, 0.1) is 0 Å². The Morgan fingerprint density at radius 3 is 3.07 bits per heavy atom. The third-order valence-electron chi connectivity index (χ3n) is 1.54. The van der Waals surface area contributed by atoms with Gasteiger partial charge in [-0.25, -0.2) is 14.8 Å². The minimum atomic E-state index is -0.532. The van der Waals surface area contributed by atoms with Crippen LogP contribution in [0.4, 0.5) is 0 Å². The predicted octanol–water partition coefficient (Wildman–Crippen LogP) is 1.98. The first kappa shape index (κ1) is 12.3. The summed E-state index contributed by atoms with van der Waals surface area (Å²) in [6.45, 7) is 1.98. The van der Waals surface area contributed by atoms with Crippen LogP contribution in [0.15, 0.2) is 17.3 Å². The number of rotatable bonds is 4. The van der Waals surface area contributed by atoms with Gasteiger partial charge in [-0.3, -0.25) is 0 Å². The summed E-state index contributed by atoms with van der Waals surface area (Å²) in [6, 6.07) is 1.74. The first-order chi connectivity index (χ1) is 7.17. The standard InChI is InChI=1S/C9H11ClN2O2S/c1-6(5-10)15-7-3-4-11-8(12-7)9(13)14-2/h3-4,6H,5H2,1-2H3. The quantitative estimate of drug-likeness (QED) is 0.352. The van der Waals surface area contributed by atoms with E-state index < -0.39 is 5.97 Å². The first-order valence-electron chi connectivity index (χ1n) is 4.31. The van der Waals surface area contributed by atoms with E-state index in [9.17, 15) is 4.79 Å².